The van der Waals surface area contributed by atoms with Gasteiger partial charge < -0.3 is 5.73 Å². The van der Waals surface area contributed by atoms with E-state index in [9.17, 15) is 0 Å². The fraction of sp³-hybridized carbons (Fsp3) is 0.750. The van der Waals surface area contributed by atoms with Gasteiger partial charge in [0.25, 0.3) is 0 Å². The van der Waals surface area contributed by atoms with Crippen LogP contribution in [0, 0.1) is 0 Å². The number of hydrogen-bond acceptors (Lipinski definition) is 2. The molecule has 0 radical (unpaired) electrons. The lowest BCUT2D eigenvalue weighted by molar-refractivity contribution is 0.638. The minimum absolute atomic E-state index is 0.384. The maximum atomic E-state index is 5.77. The molecule has 1 nitrogen and oxygen atoms in total. The molecule has 10 heavy (non-hydrogen) atoms. The molecule has 0 amide bonds. The molecule has 1 atom stereocenters. The highest BCUT2D eigenvalue weighted by atomic mass is 32.2. The van der Waals surface area contributed by atoms with E-state index >= 15 is 0 Å². The highest BCUT2D eigenvalue weighted by molar-refractivity contribution is 7.98. The summed E-state index contributed by atoms with van der Waals surface area (Å²) in [5.74, 6) is 1.08. The highest BCUT2D eigenvalue weighted by Crippen LogP contribution is 2.03. The molecule has 0 rings (SSSR count). The first-order chi connectivity index (χ1) is 4.81. The van der Waals surface area contributed by atoms with Crippen LogP contribution in [-0.4, -0.2) is 18.1 Å². The number of hydrogen-bond donors (Lipinski definition) is 1. The van der Waals surface area contributed by atoms with E-state index in [1.54, 1.807) is 0 Å². The Labute approximate surface area is 68.1 Å². The predicted octanol–water partition coefficient (Wildman–Crippen LogP) is 2.03. The van der Waals surface area contributed by atoms with Crippen LogP contribution in [0.4, 0.5) is 0 Å². The summed E-state index contributed by atoms with van der Waals surface area (Å²) < 4.78 is 0. The van der Waals surface area contributed by atoms with Gasteiger partial charge in [0, 0.05) is 11.8 Å². The second kappa shape index (κ2) is 7.16. The van der Waals surface area contributed by atoms with Gasteiger partial charge in [-0.2, -0.15) is 11.8 Å². The van der Waals surface area contributed by atoms with Gasteiger partial charge in [-0.25, -0.2) is 0 Å². The van der Waals surface area contributed by atoms with E-state index in [2.05, 4.69) is 12.8 Å². The third-order valence-corrected chi connectivity index (χ3v) is 2.13. The summed E-state index contributed by atoms with van der Waals surface area (Å²) in [7, 11) is 0. The first-order valence-corrected chi connectivity index (χ1v) is 5.06. The first-order valence-electron chi connectivity index (χ1n) is 3.66. The van der Waals surface area contributed by atoms with Crippen LogP contribution in [0.15, 0.2) is 12.7 Å². The number of rotatable bonds is 6. The Bertz CT molecular complexity index is 83.3. The third-order valence-electron chi connectivity index (χ3n) is 1.36. The highest BCUT2D eigenvalue weighted by Gasteiger charge is 1.98. The van der Waals surface area contributed by atoms with Gasteiger partial charge in [0.1, 0.15) is 0 Å². The van der Waals surface area contributed by atoms with Crippen LogP contribution in [0.3, 0.4) is 0 Å². The number of thioether (sulfide) groups is 1. The first kappa shape index (κ1) is 10.0. The van der Waals surface area contributed by atoms with E-state index in [4.69, 9.17) is 5.73 Å². The van der Waals surface area contributed by atoms with Crippen molar-refractivity contribution in [1.82, 2.24) is 0 Å². The van der Waals surface area contributed by atoms with Gasteiger partial charge in [-0.05, 0) is 25.5 Å². The minimum Gasteiger partial charge on any atom is -0.327 e. The van der Waals surface area contributed by atoms with Crippen molar-refractivity contribution < 1.29 is 0 Å². The third kappa shape index (κ3) is 6.17. The number of nitrogens with two attached hydrogens (primary N) is 1. The largest absolute Gasteiger partial charge is 0.327 e. The Hall–Kier alpha value is 0.0500. The van der Waals surface area contributed by atoms with Gasteiger partial charge in [0.2, 0.25) is 0 Å². The van der Waals surface area contributed by atoms with Crippen molar-refractivity contribution in [2.24, 2.45) is 5.73 Å². The van der Waals surface area contributed by atoms with Gasteiger partial charge in [0.15, 0.2) is 0 Å². The normalized spacial score (nSPS) is 13.0. The number of unbranched alkanes of at least 4 members (excludes halogenated alkanes) is 1. The Morgan fingerprint density at radius 3 is 2.90 bits per heavy atom. The molecule has 2 heteroatoms. The predicted molar refractivity (Wildman–Crippen MR) is 50.4 cm³/mol. The van der Waals surface area contributed by atoms with Gasteiger partial charge >= 0.3 is 0 Å². The van der Waals surface area contributed by atoms with Crippen molar-refractivity contribution in [2.45, 2.75) is 25.3 Å². The number of allylic oxidation sites excluding steroid dienone is 1. The van der Waals surface area contributed by atoms with E-state index in [0.29, 0.717) is 6.04 Å². The van der Waals surface area contributed by atoms with Crippen LogP contribution in [0.25, 0.3) is 0 Å². The molecule has 0 saturated heterocycles. The smallest absolute Gasteiger partial charge is 0.0130 e. The molecule has 0 bridgehead atoms. The van der Waals surface area contributed by atoms with Crippen LogP contribution in [0.5, 0.6) is 0 Å². The van der Waals surface area contributed by atoms with E-state index in [-0.39, 0.29) is 0 Å². The molecule has 0 aliphatic carbocycles. The van der Waals surface area contributed by atoms with E-state index in [1.807, 2.05) is 17.8 Å². The lowest BCUT2D eigenvalue weighted by Crippen LogP contribution is -2.22. The average molecular weight is 159 g/mol. The molecule has 0 spiro atoms. The van der Waals surface area contributed by atoms with E-state index in [0.717, 1.165) is 18.6 Å². The van der Waals surface area contributed by atoms with Crippen molar-refractivity contribution in [3.63, 3.8) is 0 Å². The molecule has 0 aromatic heterocycles. The summed E-state index contributed by atoms with van der Waals surface area (Å²) in [6.07, 6.45) is 7.46. The summed E-state index contributed by atoms with van der Waals surface area (Å²) in [6, 6.07) is 0.384. The summed E-state index contributed by atoms with van der Waals surface area (Å²) in [4.78, 5) is 0. The lowest BCUT2D eigenvalue weighted by Gasteiger charge is -2.07. The Morgan fingerprint density at radius 2 is 2.40 bits per heavy atom. The monoisotopic (exact) mass is 159 g/mol. The molecule has 2 N–H and O–H groups in total. The maximum Gasteiger partial charge on any atom is 0.0130 e. The van der Waals surface area contributed by atoms with Crippen LogP contribution in [0.1, 0.15) is 19.3 Å². The van der Waals surface area contributed by atoms with Crippen LogP contribution in [-0.2, 0) is 0 Å². The quantitative estimate of drug-likeness (QED) is 0.474. The van der Waals surface area contributed by atoms with Gasteiger partial charge in [0.05, 0.1) is 0 Å². The molecule has 0 heterocycles. The van der Waals surface area contributed by atoms with Crippen molar-refractivity contribution in [3.8, 4) is 0 Å². The minimum atomic E-state index is 0.384. The van der Waals surface area contributed by atoms with Gasteiger partial charge in [-0.1, -0.05) is 6.08 Å². The van der Waals surface area contributed by atoms with Crippen molar-refractivity contribution in [2.75, 3.05) is 12.0 Å². The molecular formula is C8H17NS. The van der Waals surface area contributed by atoms with Gasteiger partial charge in [-0.15, -0.1) is 6.58 Å². The zero-order chi connectivity index (χ0) is 7.82. The standard InChI is InChI=1S/C8H17NS/c1-3-4-5-6-8(9)7-10-2/h3,8H,1,4-7,9H2,2H3. The zero-order valence-electron chi connectivity index (χ0n) is 6.68. The average Bonchev–Trinajstić information content (AvgIpc) is 1.89. The Morgan fingerprint density at radius 1 is 1.70 bits per heavy atom. The fourth-order valence-electron chi connectivity index (χ4n) is 0.822. The maximum absolute atomic E-state index is 5.77. The van der Waals surface area contributed by atoms with Crippen LogP contribution in [0.2, 0.25) is 0 Å². The zero-order valence-corrected chi connectivity index (χ0v) is 7.49. The molecule has 0 fully saturated rings. The molecule has 60 valence electrons. The van der Waals surface area contributed by atoms with Crippen LogP contribution >= 0.6 is 11.8 Å². The summed E-state index contributed by atoms with van der Waals surface area (Å²) in [5.41, 5.74) is 5.77. The van der Waals surface area contributed by atoms with E-state index < -0.39 is 0 Å². The molecule has 0 saturated carbocycles. The van der Waals surface area contributed by atoms with Gasteiger partial charge in [-0.3, -0.25) is 0 Å². The lowest BCUT2D eigenvalue weighted by atomic mass is 10.1. The molecule has 0 aliphatic rings. The molecular weight excluding hydrogens is 142 g/mol. The second-order valence-electron chi connectivity index (χ2n) is 2.44. The van der Waals surface area contributed by atoms with Crippen molar-refractivity contribution in [1.29, 1.82) is 0 Å². The topological polar surface area (TPSA) is 26.0 Å². The summed E-state index contributed by atoms with van der Waals surface area (Å²) in [6.45, 7) is 3.66. The molecule has 0 aliphatic heterocycles. The van der Waals surface area contributed by atoms with Crippen molar-refractivity contribution >= 4 is 11.8 Å². The summed E-state index contributed by atoms with van der Waals surface area (Å²) >= 11 is 1.82. The second-order valence-corrected chi connectivity index (χ2v) is 3.35. The summed E-state index contributed by atoms with van der Waals surface area (Å²) in [5, 5.41) is 0. The Kier molecular flexibility index (Phi) is 7.20. The van der Waals surface area contributed by atoms with E-state index in [1.165, 1.54) is 6.42 Å². The Balaban J connectivity index is 3.04. The molecule has 1 unspecified atom stereocenters. The van der Waals surface area contributed by atoms with Crippen molar-refractivity contribution in [3.05, 3.63) is 12.7 Å². The fourth-order valence-corrected chi connectivity index (χ4v) is 1.42. The molecule has 0 aromatic rings. The van der Waals surface area contributed by atoms with Crippen LogP contribution < -0.4 is 5.73 Å². The molecule has 0 aromatic carbocycles. The SMILES string of the molecule is C=CCCCC(N)CSC.